The summed E-state index contributed by atoms with van der Waals surface area (Å²) in [5.74, 6) is 0. The Labute approximate surface area is 113 Å². The van der Waals surface area contributed by atoms with Crippen LogP contribution in [-0.4, -0.2) is 47.8 Å². The fraction of sp³-hybridized carbons (Fsp3) is 1.00. The van der Waals surface area contributed by atoms with E-state index in [-0.39, 0.29) is 12.1 Å². The molecule has 0 amide bonds. The van der Waals surface area contributed by atoms with Crippen LogP contribution in [0.1, 0.15) is 59.3 Å². The number of nitrogens with one attached hydrogen (secondary N) is 1. The van der Waals surface area contributed by atoms with E-state index in [4.69, 9.17) is 0 Å². The lowest BCUT2D eigenvalue weighted by molar-refractivity contribution is 0.133. The minimum Gasteiger partial charge on any atom is -0.394 e. The predicted molar refractivity (Wildman–Crippen MR) is 77.9 cm³/mol. The van der Waals surface area contributed by atoms with Gasteiger partial charge in [-0.25, -0.2) is 0 Å². The van der Waals surface area contributed by atoms with Crippen LogP contribution in [0.5, 0.6) is 0 Å². The molecule has 2 unspecified atom stereocenters. The lowest BCUT2D eigenvalue weighted by Crippen LogP contribution is -2.47. The van der Waals surface area contributed by atoms with Crippen molar-refractivity contribution in [2.24, 2.45) is 0 Å². The standard InChI is InChI=1S/C15H32N2O/c1-4-10-16-15(3,13-18)9-7-12-17-11-6-5-8-14(17)2/h14,16,18H,4-13H2,1-3H3. The first-order valence-electron chi connectivity index (χ1n) is 7.71. The van der Waals surface area contributed by atoms with Crippen LogP contribution in [0.2, 0.25) is 0 Å². The molecule has 0 aromatic carbocycles. The molecule has 0 aromatic heterocycles. The maximum atomic E-state index is 9.52. The first-order valence-corrected chi connectivity index (χ1v) is 7.71. The highest BCUT2D eigenvalue weighted by atomic mass is 16.3. The van der Waals surface area contributed by atoms with Crippen molar-refractivity contribution >= 4 is 0 Å². The Kier molecular flexibility index (Phi) is 7.20. The van der Waals surface area contributed by atoms with Crippen LogP contribution in [0.3, 0.4) is 0 Å². The van der Waals surface area contributed by atoms with Gasteiger partial charge in [0.1, 0.15) is 0 Å². The van der Waals surface area contributed by atoms with E-state index in [9.17, 15) is 5.11 Å². The monoisotopic (exact) mass is 256 g/mol. The molecule has 3 nitrogen and oxygen atoms in total. The van der Waals surface area contributed by atoms with Crippen molar-refractivity contribution < 1.29 is 5.11 Å². The van der Waals surface area contributed by atoms with Gasteiger partial charge in [0.2, 0.25) is 0 Å². The van der Waals surface area contributed by atoms with Crippen LogP contribution >= 0.6 is 0 Å². The number of hydrogen-bond donors (Lipinski definition) is 2. The van der Waals surface area contributed by atoms with Gasteiger partial charge < -0.3 is 15.3 Å². The van der Waals surface area contributed by atoms with E-state index < -0.39 is 0 Å². The highest BCUT2D eigenvalue weighted by Gasteiger charge is 2.23. The van der Waals surface area contributed by atoms with Crippen LogP contribution in [0.15, 0.2) is 0 Å². The van der Waals surface area contributed by atoms with Gasteiger partial charge in [0.25, 0.3) is 0 Å². The van der Waals surface area contributed by atoms with E-state index in [0.717, 1.165) is 25.4 Å². The Balaban J connectivity index is 2.25. The molecule has 18 heavy (non-hydrogen) atoms. The second-order valence-corrected chi connectivity index (χ2v) is 6.13. The van der Waals surface area contributed by atoms with Gasteiger partial charge in [0.15, 0.2) is 0 Å². The summed E-state index contributed by atoms with van der Waals surface area (Å²) in [5, 5.41) is 13.0. The zero-order chi connectivity index (χ0) is 13.4. The van der Waals surface area contributed by atoms with E-state index in [1.54, 1.807) is 0 Å². The molecule has 1 heterocycles. The highest BCUT2D eigenvalue weighted by Crippen LogP contribution is 2.18. The van der Waals surface area contributed by atoms with Gasteiger partial charge in [0.05, 0.1) is 6.61 Å². The molecule has 1 aliphatic rings. The van der Waals surface area contributed by atoms with Gasteiger partial charge >= 0.3 is 0 Å². The molecule has 3 heteroatoms. The molecule has 1 rings (SSSR count). The third-order valence-corrected chi connectivity index (χ3v) is 4.27. The van der Waals surface area contributed by atoms with Crippen LogP contribution in [0.4, 0.5) is 0 Å². The lowest BCUT2D eigenvalue weighted by Gasteiger charge is -2.35. The molecule has 2 atom stereocenters. The van der Waals surface area contributed by atoms with Crippen LogP contribution in [-0.2, 0) is 0 Å². The Morgan fingerprint density at radius 3 is 2.78 bits per heavy atom. The summed E-state index contributed by atoms with van der Waals surface area (Å²) in [4.78, 5) is 2.61. The average Bonchev–Trinajstić information content (AvgIpc) is 2.39. The SMILES string of the molecule is CCCNC(C)(CO)CCCN1CCCCC1C. The quantitative estimate of drug-likeness (QED) is 0.700. The van der Waals surface area contributed by atoms with E-state index in [0.29, 0.717) is 0 Å². The fourth-order valence-electron chi connectivity index (χ4n) is 2.81. The first kappa shape index (κ1) is 15.9. The molecular weight excluding hydrogens is 224 g/mol. The number of aliphatic hydroxyl groups excluding tert-OH is 1. The van der Waals surface area contributed by atoms with Gasteiger partial charge in [-0.2, -0.15) is 0 Å². The Morgan fingerprint density at radius 2 is 2.17 bits per heavy atom. The predicted octanol–water partition coefficient (Wildman–Crippen LogP) is 2.39. The highest BCUT2D eigenvalue weighted by molar-refractivity contribution is 4.83. The molecule has 1 aliphatic heterocycles. The maximum absolute atomic E-state index is 9.52. The minimum absolute atomic E-state index is 0.0883. The molecule has 0 bridgehead atoms. The first-order chi connectivity index (χ1) is 8.61. The molecule has 0 aliphatic carbocycles. The summed E-state index contributed by atoms with van der Waals surface area (Å²) >= 11 is 0. The minimum atomic E-state index is -0.0883. The number of rotatable bonds is 8. The van der Waals surface area contributed by atoms with Gasteiger partial charge in [-0.3, -0.25) is 0 Å². The Bertz CT molecular complexity index is 223. The van der Waals surface area contributed by atoms with Gasteiger partial charge in [0, 0.05) is 11.6 Å². The zero-order valence-corrected chi connectivity index (χ0v) is 12.5. The van der Waals surface area contributed by atoms with Crippen molar-refractivity contribution in [2.75, 3.05) is 26.2 Å². The Hall–Kier alpha value is -0.120. The van der Waals surface area contributed by atoms with E-state index in [1.807, 2.05) is 0 Å². The molecule has 1 saturated heterocycles. The topological polar surface area (TPSA) is 35.5 Å². The lowest BCUT2D eigenvalue weighted by atomic mass is 9.95. The number of piperidine rings is 1. The molecule has 2 N–H and O–H groups in total. The zero-order valence-electron chi connectivity index (χ0n) is 12.5. The third kappa shape index (κ3) is 5.25. The summed E-state index contributed by atoms with van der Waals surface area (Å²) in [6.07, 6.45) is 7.47. The molecule has 1 fully saturated rings. The van der Waals surface area contributed by atoms with E-state index in [1.165, 1.54) is 38.8 Å². The van der Waals surface area contributed by atoms with Crippen LogP contribution < -0.4 is 5.32 Å². The number of likely N-dealkylation sites (tertiary alicyclic amines) is 1. The summed E-state index contributed by atoms with van der Waals surface area (Å²) in [6.45, 7) is 10.3. The van der Waals surface area contributed by atoms with Crippen molar-refractivity contribution in [2.45, 2.75) is 70.9 Å². The molecule has 0 saturated carbocycles. The molecule has 0 aromatic rings. The van der Waals surface area contributed by atoms with Gasteiger partial charge in [-0.15, -0.1) is 0 Å². The second-order valence-electron chi connectivity index (χ2n) is 6.13. The van der Waals surface area contributed by atoms with Crippen LogP contribution in [0.25, 0.3) is 0 Å². The summed E-state index contributed by atoms with van der Waals surface area (Å²) in [7, 11) is 0. The molecule has 0 radical (unpaired) electrons. The number of aliphatic hydroxyl groups is 1. The van der Waals surface area contributed by atoms with Crippen molar-refractivity contribution in [1.29, 1.82) is 0 Å². The van der Waals surface area contributed by atoms with Crippen molar-refractivity contribution in [3.05, 3.63) is 0 Å². The van der Waals surface area contributed by atoms with Crippen molar-refractivity contribution in [3.63, 3.8) is 0 Å². The van der Waals surface area contributed by atoms with E-state index >= 15 is 0 Å². The molecular formula is C15H32N2O. The van der Waals surface area contributed by atoms with Crippen molar-refractivity contribution in [3.8, 4) is 0 Å². The average molecular weight is 256 g/mol. The van der Waals surface area contributed by atoms with Gasteiger partial charge in [-0.05, 0) is 65.6 Å². The summed E-state index contributed by atoms with van der Waals surface area (Å²) in [6, 6.07) is 0.753. The molecule has 108 valence electrons. The Morgan fingerprint density at radius 1 is 1.39 bits per heavy atom. The maximum Gasteiger partial charge on any atom is 0.0610 e. The summed E-state index contributed by atoms with van der Waals surface area (Å²) in [5.41, 5.74) is -0.0883. The largest absolute Gasteiger partial charge is 0.394 e. The number of hydrogen-bond acceptors (Lipinski definition) is 3. The fourth-order valence-corrected chi connectivity index (χ4v) is 2.81. The van der Waals surface area contributed by atoms with Crippen molar-refractivity contribution in [1.82, 2.24) is 10.2 Å². The smallest absolute Gasteiger partial charge is 0.0610 e. The normalized spacial score (nSPS) is 25.0. The summed E-state index contributed by atoms with van der Waals surface area (Å²) < 4.78 is 0. The van der Waals surface area contributed by atoms with Gasteiger partial charge in [-0.1, -0.05) is 13.3 Å². The third-order valence-electron chi connectivity index (χ3n) is 4.27. The number of nitrogens with zero attached hydrogens (tertiary/aromatic N) is 1. The van der Waals surface area contributed by atoms with Crippen LogP contribution in [0, 0.1) is 0 Å². The molecule has 0 spiro atoms. The van der Waals surface area contributed by atoms with E-state index in [2.05, 4.69) is 31.0 Å². The second kappa shape index (κ2) is 8.13.